The number of hydrogen-bond donors (Lipinski definition) is 1. The van der Waals surface area contributed by atoms with E-state index in [0.717, 1.165) is 23.1 Å². The molecule has 0 radical (unpaired) electrons. The van der Waals surface area contributed by atoms with E-state index in [4.69, 9.17) is 27.9 Å². The van der Waals surface area contributed by atoms with Gasteiger partial charge in [0.05, 0.1) is 0 Å². The molecule has 0 spiro atoms. The van der Waals surface area contributed by atoms with Gasteiger partial charge in [0.2, 0.25) is 5.91 Å². The van der Waals surface area contributed by atoms with Gasteiger partial charge in [-0.3, -0.25) is 9.59 Å². The molecule has 0 aliphatic rings. The summed E-state index contributed by atoms with van der Waals surface area (Å²) in [5.74, 6) is 0.0908. The maximum Gasteiger partial charge on any atom is 0.261 e. The summed E-state index contributed by atoms with van der Waals surface area (Å²) < 4.78 is 5.88. The van der Waals surface area contributed by atoms with Crippen molar-refractivity contribution >= 4 is 35.0 Å². The summed E-state index contributed by atoms with van der Waals surface area (Å²) in [6.07, 6.45) is 0.790. The fourth-order valence-corrected chi connectivity index (χ4v) is 3.79. The van der Waals surface area contributed by atoms with Crippen LogP contribution in [0.4, 0.5) is 0 Å². The first-order valence-corrected chi connectivity index (χ1v) is 11.5. The molecule has 32 heavy (non-hydrogen) atoms. The minimum absolute atomic E-state index is 0.0000259. The molecular formula is C25H32Cl2N2O3. The monoisotopic (exact) mass is 478 g/mol. The van der Waals surface area contributed by atoms with Gasteiger partial charge in [-0.15, -0.1) is 0 Å². The number of aryl methyl sites for hydroxylation is 2. The van der Waals surface area contributed by atoms with E-state index in [1.165, 1.54) is 4.90 Å². The topological polar surface area (TPSA) is 58.6 Å². The zero-order valence-corrected chi connectivity index (χ0v) is 21.1. The Kier molecular flexibility index (Phi) is 9.41. The van der Waals surface area contributed by atoms with Crippen molar-refractivity contribution in [3.05, 3.63) is 62.6 Å². The van der Waals surface area contributed by atoms with Crippen LogP contribution >= 0.6 is 23.2 Å². The maximum atomic E-state index is 13.3. The average molecular weight is 479 g/mol. The number of nitrogens with one attached hydrogen (secondary N) is 1. The van der Waals surface area contributed by atoms with Crippen molar-refractivity contribution in [3.63, 3.8) is 0 Å². The lowest BCUT2D eigenvalue weighted by Gasteiger charge is -2.30. The second-order valence-corrected chi connectivity index (χ2v) is 9.02. The van der Waals surface area contributed by atoms with Crippen molar-refractivity contribution < 1.29 is 14.3 Å². The van der Waals surface area contributed by atoms with Crippen molar-refractivity contribution in [1.82, 2.24) is 10.2 Å². The third kappa shape index (κ3) is 6.63. The number of amides is 2. The van der Waals surface area contributed by atoms with Crippen LogP contribution in [0.3, 0.4) is 0 Å². The van der Waals surface area contributed by atoms with Crippen LogP contribution in [0.15, 0.2) is 30.3 Å². The van der Waals surface area contributed by atoms with Gasteiger partial charge < -0.3 is 15.0 Å². The highest BCUT2D eigenvalue weighted by Crippen LogP contribution is 2.27. The molecular weight excluding hydrogens is 447 g/mol. The Morgan fingerprint density at radius 1 is 1.09 bits per heavy atom. The average Bonchev–Trinajstić information content (AvgIpc) is 2.74. The molecule has 174 valence electrons. The molecule has 2 aromatic rings. The summed E-state index contributed by atoms with van der Waals surface area (Å²) in [6.45, 7) is 11.4. The highest BCUT2D eigenvalue weighted by atomic mass is 35.5. The molecule has 2 aromatic carbocycles. The van der Waals surface area contributed by atoms with Gasteiger partial charge in [-0.1, -0.05) is 42.3 Å². The summed E-state index contributed by atoms with van der Waals surface area (Å²) in [4.78, 5) is 27.5. The van der Waals surface area contributed by atoms with E-state index < -0.39 is 6.04 Å². The SMILES string of the molecule is CC[C@H](C)NC(=O)[C@H](C)N(Cc1c(Cl)cccc1Cl)C(=O)COc1cc(C)cc(C)c1C. The summed E-state index contributed by atoms with van der Waals surface area (Å²) in [6, 6.07) is 8.41. The number of ether oxygens (including phenoxy) is 1. The van der Waals surface area contributed by atoms with Gasteiger partial charge in [0.15, 0.2) is 6.61 Å². The van der Waals surface area contributed by atoms with Crippen molar-refractivity contribution in [3.8, 4) is 5.75 Å². The number of hydrogen-bond acceptors (Lipinski definition) is 3. The molecule has 0 bridgehead atoms. The zero-order chi connectivity index (χ0) is 24.0. The Morgan fingerprint density at radius 3 is 2.31 bits per heavy atom. The van der Waals surface area contributed by atoms with E-state index in [9.17, 15) is 9.59 Å². The number of carbonyl (C=O) groups excluding carboxylic acids is 2. The molecule has 2 rings (SSSR count). The fourth-order valence-electron chi connectivity index (χ4n) is 3.27. The van der Waals surface area contributed by atoms with Gasteiger partial charge in [-0.2, -0.15) is 0 Å². The second kappa shape index (κ2) is 11.6. The van der Waals surface area contributed by atoms with Crippen LogP contribution in [-0.2, 0) is 16.1 Å². The van der Waals surface area contributed by atoms with Crippen LogP contribution in [0, 0.1) is 20.8 Å². The predicted octanol–water partition coefficient (Wildman–Crippen LogP) is 5.63. The molecule has 5 nitrogen and oxygen atoms in total. The van der Waals surface area contributed by atoms with Crippen LogP contribution in [0.2, 0.25) is 10.0 Å². The van der Waals surface area contributed by atoms with Crippen LogP contribution in [-0.4, -0.2) is 35.4 Å². The van der Waals surface area contributed by atoms with Gasteiger partial charge in [-0.25, -0.2) is 0 Å². The van der Waals surface area contributed by atoms with E-state index in [1.54, 1.807) is 25.1 Å². The summed E-state index contributed by atoms with van der Waals surface area (Å²) in [5, 5.41) is 3.82. The van der Waals surface area contributed by atoms with Crippen molar-refractivity contribution in [2.75, 3.05) is 6.61 Å². The van der Waals surface area contributed by atoms with Crippen molar-refractivity contribution in [2.45, 2.75) is 66.6 Å². The molecule has 0 heterocycles. The molecule has 7 heteroatoms. The van der Waals surface area contributed by atoms with Gasteiger partial charge >= 0.3 is 0 Å². The molecule has 1 N–H and O–H groups in total. The number of benzene rings is 2. The smallest absolute Gasteiger partial charge is 0.261 e. The molecule has 0 aliphatic carbocycles. The van der Waals surface area contributed by atoms with Gasteiger partial charge in [0, 0.05) is 28.2 Å². The Labute approximate surface area is 201 Å². The molecule has 0 fully saturated rings. The molecule has 0 saturated carbocycles. The first-order chi connectivity index (χ1) is 15.0. The Morgan fingerprint density at radius 2 is 1.72 bits per heavy atom. The second-order valence-electron chi connectivity index (χ2n) is 8.21. The molecule has 0 unspecified atom stereocenters. The highest BCUT2D eigenvalue weighted by molar-refractivity contribution is 6.36. The molecule has 2 amide bonds. The normalized spacial score (nSPS) is 12.8. The Balaban J connectivity index is 2.28. The van der Waals surface area contributed by atoms with Crippen LogP contribution < -0.4 is 10.1 Å². The number of rotatable bonds is 9. The van der Waals surface area contributed by atoms with Crippen molar-refractivity contribution in [2.24, 2.45) is 0 Å². The van der Waals surface area contributed by atoms with Gasteiger partial charge in [0.25, 0.3) is 5.91 Å². The predicted molar refractivity (Wildman–Crippen MR) is 131 cm³/mol. The molecule has 0 saturated heterocycles. The number of nitrogens with zero attached hydrogens (tertiary/aromatic N) is 1. The lowest BCUT2D eigenvalue weighted by molar-refractivity contribution is -0.142. The third-order valence-electron chi connectivity index (χ3n) is 5.67. The quantitative estimate of drug-likeness (QED) is 0.507. The first kappa shape index (κ1) is 26.0. The zero-order valence-electron chi connectivity index (χ0n) is 19.6. The summed E-state index contributed by atoms with van der Waals surface area (Å²) in [7, 11) is 0. The largest absolute Gasteiger partial charge is 0.483 e. The van der Waals surface area contributed by atoms with E-state index in [2.05, 4.69) is 11.4 Å². The lowest BCUT2D eigenvalue weighted by Crippen LogP contribution is -2.50. The van der Waals surface area contributed by atoms with Crippen LogP contribution in [0.25, 0.3) is 0 Å². The third-order valence-corrected chi connectivity index (χ3v) is 6.38. The van der Waals surface area contributed by atoms with Crippen LogP contribution in [0.1, 0.15) is 49.4 Å². The summed E-state index contributed by atoms with van der Waals surface area (Å²) >= 11 is 12.7. The standard InChI is InChI=1S/C25H32Cl2N2O3/c1-7-17(4)28-25(31)19(6)29(13-20-21(26)9-8-10-22(20)27)24(30)14-32-23-12-15(2)11-16(3)18(23)5/h8-12,17,19H,7,13-14H2,1-6H3,(H,28,31)/t17-,19-/m0/s1. The van der Waals surface area contributed by atoms with Crippen molar-refractivity contribution in [1.29, 1.82) is 0 Å². The van der Waals surface area contributed by atoms with Crippen LogP contribution in [0.5, 0.6) is 5.75 Å². The van der Waals surface area contributed by atoms with Gasteiger partial charge in [0.1, 0.15) is 11.8 Å². The van der Waals surface area contributed by atoms with E-state index >= 15 is 0 Å². The molecule has 0 aromatic heterocycles. The van der Waals surface area contributed by atoms with E-state index in [-0.39, 0.29) is 31.0 Å². The minimum Gasteiger partial charge on any atom is -0.483 e. The van der Waals surface area contributed by atoms with E-state index in [1.807, 2.05) is 40.7 Å². The summed E-state index contributed by atoms with van der Waals surface area (Å²) in [5.41, 5.74) is 3.71. The Hall–Kier alpha value is -2.24. The number of halogens is 2. The Bertz CT molecular complexity index is 958. The fraction of sp³-hybridized carbons (Fsp3) is 0.440. The molecule has 0 aliphatic heterocycles. The molecule has 2 atom stereocenters. The number of carbonyl (C=O) groups is 2. The minimum atomic E-state index is -0.729. The highest BCUT2D eigenvalue weighted by Gasteiger charge is 2.28. The lowest BCUT2D eigenvalue weighted by atomic mass is 10.1. The maximum absolute atomic E-state index is 13.3. The van der Waals surface area contributed by atoms with Gasteiger partial charge in [-0.05, 0) is 75.9 Å². The first-order valence-electron chi connectivity index (χ1n) is 10.8. The van der Waals surface area contributed by atoms with E-state index in [0.29, 0.717) is 21.4 Å².